The van der Waals surface area contributed by atoms with Crippen molar-refractivity contribution in [1.82, 2.24) is 15.0 Å². The third-order valence-electron chi connectivity index (χ3n) is 7.39. The average Bonchev–Trinajstić information content (AvgIpc) is 2.97. The van der Waals surface area contributed by atoms with Crippen LogP contribution < -0.4 is 4.74 Å². The summed E-state index contributed by atoms with van der Waals surface area (Å²) in [6.45, 7) is 4.47. The van der Waals surface area contributed by atoms with Gasteiger partial charge < -0.3 is 4.74 Å². The Balaban J connectivity index is 1.43. The molecule has 0 radical (unpaired) electrons. The first-order chi connectivity index (χ1) is 18.6. The van der Waals surface area contributed by atoms with E-state index in [2.05, 4.69) is 74.5 Å². The minimum atomic E-state index is -0.228. The van der Waals surface area contributed by atoms with Gasteiger partial charge in [-0.3, -0.25) is 0 Å². The van der Waals surface area contributed by atoms with Gasteiger partial charge in [0, 0.05) is 33.2 Å². The summed E-state index contributed by atoms with van der Waals surface area (Å²) in [6, 6.07) is 39.2. The lowest BCUT2D eigenvalue weighted by atomic mass is 9.75. The van der Waals surface area contributed by atoms with Crippen LogP contribution in [0.15, 0.2) is 115 Å². The SMILES string of the molecule is CC1(C)c2ccccc2Oc2ccc(-c3nc(-c4ccccc4)nc(-c4cccc5ccccc45)n3)cc21. The quantitative estimate of drug-likeness (QED) is 0.249. The van der Waals surface area contributed by atoms with Crippen molar-refractivity contribution >= 4 is 10.8 Å². The largest absolute Gasteiger partial charge is 0.457 e. The van der Waals surface area contributed by atoms with Crippen LogP contribution in [0.5, 0.6) is 11.5 Å². The van der Waals surface area contributed by atoms with Crippen LogP contribution in [0.4, 0.5) is 0 Å². The number of aromatic nitrogens is 3. The van der Waals surface area contributed by atoms with Gasteiger partial charge in [0.1, 0.15) is 11.5 Å². The number of rotatable bonds is 3. The van der Waals surface area contributed by atoms with Crippen LogP contribution in [-0.4, -0.2) is 15.0 Å². The molecule has 0 spiro atoms. The molecule has 6 aromatic rings. The monoisotopic (exact) mass is 491 g/mol. The lowest BCUT2D eigenvalue weighted by Gasteiger charge is -2.34. The fourth-order valence-electron chi connectivity index (χ4n) is 5.34. The highest BCUT2D eigenvalue weighted by Gasteiger charge is 2.34. The molecule has 0 saturated carbocycles. The molecule has 0 N–H and O–H groups in total. The number of ether oxygens (including phenoxy) is 1. The summed E-state index contributed by atoms with van der Waals surface area (Å²) in [5.74, 6) is 3.71. The maximum atomic E-state index is 6.29. The molecule has 1 aromatic heterocycles. The standard InChI is InChI=1S/C34H25N3O/c1-34(2)27-17-8-9-18-29(27)38-30-20-19-24(21-28(30)34)32-35-31(23-12-4-3-5-13-23)36-33(37-32)26-16-10-14-22-11-6-7-15-25(22)26/h3-21H,1-2H3. The van der Waals surface area contributed by atoms with E-state index in [1.807, 2.05) is 54.6 Å². The maximum absolute atomic E-state index is 6.29. The molecule has 0 fully saturated rings. The Kier molecular flexibility index (Phi) is 5.08. The first-order valence-corrected chi connectivity index (χ1v) is 12.8. The van der Waals surface area contributed by atoms with Crippen molar-refractivity contribution in [2.75, 3.05) is 0 Å². The Morgan fingerprint density at radius 1 is 0.526 bits per heavy atom. The molecule has 0 atom stereocenters. The summed E-state index contributed by atoms with van der Waals surface area (Å²) < 4.78 is 6.29. The second-order valence-electron chi connectivity index (χ2n) is 10.1. The minimum Gasteiger partial charge on any atom is -0.457 e. The molecule has 5 aromatic carbocycles. The maximum Gasteiger partial charge on any atom is 0.164 e. The molecule has 1 aliphatic rings. The van der Waals surface area contributed by atoms with Gasteiger partial charge in [-0.05, 0) is 35.0 Å². The molecular weight excluding hydrogens is 466 g/mol. The minimum absolute atomic E-state index is 0.228. The van der Waals surface area contributed by atoms with E-state index in [0.717, 1.165) is 44.5 Å². The van der Waals surface area contributed by atoms with E-state index in [1.165, 1.54) is 5.56 Å². The Labute approximate surface area is 221 Å². The van der Waals surface area contributed by atoms with E-state index in [1.54, 1.807) is 0 Å². The molecule has 4 nitrogen and oxygen atoms in total. The molecule has 0 unspecified atom stereocenters. The number of hydrogen-bond donors (Lipinski definition) is 0. The van der Waals surface area contributed by atoms with Crippen LogP contribution in [-0.2, 0) is 5.41 Å². The molecule has 0 saturated heterocycles. The van der Waals surface area contributed by atoms with Crippen molar-refractivity contribution in [3.8, 4) is 45.7 Å². The first-order valence-electron chi connectivity index (χ1n) is 12.8. The van der Waals surface area contributed by atoms with E-state index in [9.17, 15) is 0 Å². The summed E-state index contributed by atoms with van der Waals surface area (Å²) in [5.41, 5.74) is 4.92. The van der Waals surface area contributed by atoms with Gasteiger partial charge in [-0.25, -0.2) is 15.0 Å². The fourth-order valence-corrected chi connectivity index (χ4v) is 5.34. The third-order valence-corrected chi connectivity index (χ3v) is 7.39. The van der Waals surface area contributed by atoms with Crippen molar-refractivity contribution in [3.05, 3.63) is 126 Å². The van der Waals surface area contributed by atoms with Crippen LogP contribution in [0.3, 0.4) is 0 Å². The molecule has 7 rings (SSSR count). The third kappa shape index (κ3) is 3.65. The average molecular weight is 492 g/mol. The topological polar surface area (TPSA) is 47.9 Å². The molecule has 0 aliphatic carbocycles. The zero-order chi connectivity index (χ0) is 25.7. The second-order valence-corrected chi connectivity index (χ2v) is 10.1. The number of hydrogen-bond acceptors (Lipinski definition) is 4. The highest BCUT2D eigenvalue weighted by atomic mass is 16.5. The number of para-hydroxylation sites is 1. The zero-order valence-corrected chi connectivity index (χ0v) is 21.2. The van der Waals surface area contributed by atoms with Gasteiger partial charge in [-0.15, -0.1) is 0 Å². The van der Waals surface area contributed by atoms with Gasteiger partial charge in [-0.1, -0.05) is 105 Å². The van der Waals surface area contributed by atoms with E-state index >= 15 is 0 Å². The normalized spacial score (nSPS) is 13.4. The predicted octanol–water partition coefficient (Wildman–Crippen LogP) is 8.46. The molecular formula is C34H25N3O. The summed E-state index contributed by atoms with van der Waals surface area (Å²) in [6.07, 6.45) is 0. The van der Waals surface area contributed by atoms with Crippen LogP contribution in [0.25, 0.3) is 44.9 Å². The van der Waals surface area contributed by atoms with Crippen molar-refractivity contribution in [2.24, 2.45) is 0 Å². The Hall–Kier alpha value is -4.83. The van der Waals surface area contributed by atoms with Crippen LogP contribution in [0.2, 0.25) is 0 Å². The van der Waals surface area contributed by atoms with Crippen molar-refractivity contribution in [2.45, 2.75) is 19.3 Å². The van der Waals surface area contributed by atoms with Gasteiger partial charge >= 0.3 is 0 Å². The molecule has 0 amide bonds. The smallest absolute Gasteiger partial charge is 0.164 e. The van der Waals surface area contributed by atoms with Gasteiger partial charge in [0.05, 0.1) is 0 Å². The van der Waals surface area contributed by atoms with E-state index in [0.29, 0.717) is 17.5 Å². The molecule has 182 valence electrons. The summed E-state index contributed by atoms with van der Waals surface area (Å²) >= 11 is 0. The molecule has 2 heterocycles. The van der Waals surface area contributed by atoms with Crippen LogP contribution in [0.1, 0.15) is 25.0 Å². The van der Waals surface area contributed by atoms with E-state index < -0.39 is 0 Å². The van der Waals surface area contributed by atoms with Gasteiger partial charge in [-0.2, -0.15) is 0 Å². The number of nitrogens with zero attached hydrogens (tertiary/aromatic N) is 3. The number of fused-ring (bicyclic) bond motifs is 3. The van der Waals surface area contributed by atoms with Crippen molar-refractivity contribution in [3.63, 3.8) is 0 Å². The Bertz CT molecular complexity index is 1820. The van der Waals surface area contributed by atoms with Gasteiger partial charge in [0.15, 0.2) is 17.5 Å². The van der Waals surface area contributed by atoms with E-state index in [-0.39, 0.29) is 5.41 Å². The van der Waals surface area contributed by atoms with Crippen molar-refractivity contribution < 1.29 is 4.74 Å². The fraction of sp³-hybridized carbons (Fsp3) is 0.0882. The highest BCUT2D eigenvalue weighted by Crippen LogP contribution is 2.48. The zero-order valence-electron chi connectivity index (χ0n) is 21.2. The molecule has 1 aliphatic heterocycles. The Morgan fingerprint density at radius 3 is 2.05 bits per heavy atom. The van der Waals surface area contributed by atoms with Gasteiger partial charge in [0.25, 0.3) is 0 Å². The molecule has 0 bridgehead atoms. The lowest BCUT2D eigenvalue weighted by Crippen LogP contribution is -2.24. The summed E-state index contributed by atoms with van der Waals surface area (Å²) in [5, 5.41) is 2.27. The second kappa shape index (κ2) is 8.63. The first kappa shape index (κ1) is 22.4. The Morgan fingerprint density at radius 2 is 1.18 bits per heavy atom. The highest BCUT2D eigenvalue weighted by molar-refractivity contribution is 5.95. The number of benzene rings is 5. The summed E-state index contributed by atoms with van der Waals surface area (Å²) in [7, 11) is 0. The predicted molar refractivity (Wildman–Crippen MR) is 152 cm³/mol. The molecule has 4 heteroatoms. The van der Waals surface area contributed by atoms with Crippen molar-refractivity contribution in [1.29, 1.82) is 0 Å². The lowest BCUT2D eigenvalue weighted by molar-refractivity contribution is 0.418. The van der Waals surface area contributed by atoms with E-state index in [4.69, 9.17) is 19.7 Å². The van der Waals surface area contributed by atoms with Crippen LogP contribution >= 0.6 is 0 Å². The van der Waals surface area contributed by atoms with Crippen LogP contribution in [0, 0.1) is 0 Å². The summed E-state index contributed by atoms with van der Waals surface area (Å²) in [4.78, 5) is 14.9. The van der Waals surface area contributed by atoms with Gasteiger partial charge in [0.2, 0.25) is 0 Å². The molecule has 38 heavy (non-hydrogen) atoms.